The number of aromatic nitrogens is 2. The van der Waals surface area contributed by atoms with E-state index in [9.17, 15) is 9.59 Å². The smallest absolute Gasteiger partial charge is 0.223 e. The van der Waals surface area contributed by atoms with Crippen molar-refractivity contribution >= 4 is 23.6 Å². The van der Waals surface area contributed by atoms with Gasteiger partial charge in [-0.1, -0.05) is 0 Å². The summed E-state index contributed by atoms with van der Waals surface area (Å²) in [5, 5.41) is 3.15. The number of carbonyl (C=O) groups is 2. The standard InChI is InChI=1S/C21H30N6O2/c1-12-7-18(25-21(22)24-12)26-10-14-8-15(11-26)17(9-23-20(29)13-5-6-13)27-16(14)3-2-4-19(27)28/h7,13-17H,2-6,8-11H2,1H3,(H,23,29)(H2,22,24,25)/t14-,15+,16+,17+/m1/s1. The van der Waals surface area contributed by atoms with E-state index in [1.54, 1.807) is 0 Å². The zero-order valence-corrected chi connectivity index (χ0v) is 17.0. The summed E-state index contributed by atoms with van der Waals surface area (Å²) in [6.45, 7) is 4.21. The summed E-state index contributed by atoms with van der Waals surface area (Å²) in [6.07, 6.45) is 5.74. The fraction of sp³-hybridized carbons (Fsp3) is 0.714. The van der Waals surface area contributed by atoms with Crippen LogP contribution in [-0.2, 0) is 9.59 Å². The summed E-state index contributed by atoms with van der Waals surface area (Å²) >= 11 is 0. The van der Waals surface area contributed by atoms with Crippen LogP contribution in [0, 0.1) is 24.7 Å². The lowest BCUT2D eigenvalue weighted by Gasteiger charge is -2.56. The number of nitrogens with zero attached hydrogens (tertiary/aromatic N) is 4. The minimum Gasteiger partial charge on any atom is -0.368 e. The van der Waals surface area contributed by atoms with Gasteiger partial charge in [-0.05, 0) is 50.9 Å². The van der Waals surface area contributed by atoms with Gasteiger partial charge in [0.15, 0.2) is 0 Å². The number of rotatable bonds is 4. The molecule has 8 nitrogen and oxygen atoms in total. The fourth-order valence-corrected chi connectivity index (χ4v) is 5.66. The molecule has 4 fully saturated rings. The molecule has 4 heterocycles. The molecule has 2 bridgehead atoms. The van der Waals surface area contributed by atoms with Crippen LogP contribution < -0.4 is 16.0 Å². The average Bonchev–Trinajstić information content (AvgIpc) is 3.52. The molecule has 0 aromatic carbocycles. The Kier molecular flexibility index (Phi) is 4.59. The monoisotopic (exact) mass is 398 g/mol. The molecule has 1 aromatic rings. The third kappa shape index (κ3) is 3.53. The van der Waals surface area contributed by atoms with Crippen molar-refractivity contribution in [1.29, 1.82) is 0 Å². The van der Waals surface area contributed by atoms with Crippen LogP contribution in [0.25, 0.3) is 0 Å². The van der Waals surface area contributed by atoms with E-state index in [0.717, 1.165) is 56.7 Å². The second-order valence-electron chi connectivity index (χ2n) is 9.23. The first-order chi connectivity index (χ1) is 14.0. The number of hydrogen-bond donors (Lipinski definition) is 2. The Morgan fingerprint density at radius 2 is 2.03 bits per heavy atom. The number of aryl methyl sites for hydroxylation is 1. The van der Waals surface area contributed by atoms with Gasteiger partial charge in [-0.2, -0.15) is 4.98 Å². The first-order valence-electron chi connectivity index (χ1n) is 10.9. The molecule has 0 spiro atoms. The fourth-order valence-electron chi connectivity index (χ4n) is 5.66. The van der Waals surface area contributed by atoms with Gasteiger partial charge in [0.2, 0.25) is 17.8 Å². The summed E-state index contributed by atoms with van der Waals surface area (Å²) in [5.41, 5.74) is 6.77. The number of anilines is 2. The average molecular weight is 399 g/mol. The summed E-state index contributed by atoms with van der Waals surface area (Å²) in [5.74, 6) is 2.54. The number of fused-ring (bicyclic) bond motifs is 4. The minimum absolute atomic E-state index is 0.0647. The summed E-state index contributed by atoms with van der Waals surface area (Å²) in [7, 11) is 0. The molecular weight excluding hydrogens is 368 g/mol. The van der Waals surface area contributed by atoms with E-state index in [-0.39, 0.29) is 29.8 Å². The number of hydrogen-bond acceptors (Lipinski definition) is 6. The van der Waals surface area contributed by atoms with Crippen LogP contribution in [0.2, 0.25) is 0 Å². The lowest BCUT2D eigenvalue weighted by Crippen LogP contribution is -2.67. The maximum Gasteiger partial charge on any atom is 0.223 e. The lowest BCUT2D eigenvalue weighted by atomic mass is 9.72. The molecule has 156 valence electrons. The Labute approximate surface area is 171 Å². The largest absolute Gasteiger partial charge is 0.368 e. The molecule has 3 N–H and O–H groups in total. The Morgan fingerprint density at radius 3 is 2.79 bits per heavy atom. The number of nitrogen functional groups attached to an aromatic ring is 1. The number of nitrogens with one attached hydrogen (secondary N) is 1. The van der Waals surface area contributed by atoms with Gasteiger partial charge in [-0.15, -0.1) is 0 Å². The first-order valence-corrected chi connectivity index (χ1v) is 10.9. The topological polar surface area (TPSA) is 104 Å². The molecule has 5 rings (SSSR count). The number of piperidine rings is 3. The Bertz CT molecular complexity index is 805. The van der Waals surface area contributed by atoms with Gasteiger partial charge < -0.3 is 20.9 Å². The molecule has 8 heteroatoms. The van der Waals surface area contributed by atoms with Crippen molar-refractivity contribution in [1.82, 2.24) is 20.2 Å². The van der Waals surface area contributed by atoms with Crippen LogP contribution in [0.3, 0.4) is 0 Å². The third-order valence-corrected chi connectivity index (χ3v) is 7.11. The van der Waals surface area contributed by atoms with Crippen LogP contribution >= 0.6 is 0 Å². The van der Waals surface area contributed by atoms with Crippen molar-refractivity contribution < 1.29 is 9.59 Å². The maximum atomic E-state index is 12.9. The van der Waals surface area contributed by atoms with Gasteiger partial charge in [0.05, 0.1) is 6.04 Å². The molecule has 4 aliphatic rings. The quantitative estimate of drug-likeness (QED) is 0.787. The van der Waals surface area contributed by atoms with E-state index >= 15 is 0 Å². The molecule has 4 atom stereocenters. The van der Waals surface area contributed by atoms with Gasteiger partial charge in [-0.25, -0.2) is 4.98 Å². The molecular formula is C21H30N6O2. The third-order valence-electron chi connectivity index (χ3n) is 7.11. The molecule has 0 unspecified atom stereocenters. The Morgan fingerprint density at radius 1 is 1.24 bits per heavy atom. The van der Waals surface area contributed by atoms with E-state index in [2.05, 4.69) is 25.1 Å². The lowest BCUT2D eigenvalue weighted by molar-refractivity contribution is -0.149. The summed E-state index contributed by atoms with van der Waals surface area (Å²) in [4.78, 5) is 38.3. The van der Waals surface area contributed by atoms with Gasteiger partial charge in [0.1, 0.15) is 5.82 Å². The molecule has 29 heavy (non-hydrogen) atoms. The highest BCUT2D eigenvalue weighted by Gasteiger charge is 2.49. The zero-order valence-electron chi connectivity index (χ0n) is 17.0. The molecule has 1 saturated carbocycles. The molecule has 3 aliphatic heterocycles. The Balaban J connectivity index is 1.40. The Hall–Kier alpha value is -2.38. The van der Waals surface area contributed by atoms with E-state index < -0.39 is 0 Å². The zero-order chi connectivity index (χ0) is 20.1. The molecule has 0 radical (unpaired) electrons. The minimum atomic E-state index is 0.0647. The van der Waals surface area contributed by atoms with Gasteiger partial charge >= 0.3 is 0 Å². The SMILES string of the molecule is Cc1cc(N2C[C@H]3C[C@@H](C2)[C@H](CNC(=O)C2CC2)N2C(=O)CCC[C@@H]32)nc(N)n1. The van der Waals surface area contributed by atoms with Crippen molar-refractivity contribution in [2.24, 2.45) is 17.8 Å². The molecule has 1 aromatic heterocycles. The second kappa shape index (κ2) is 7.15. The normalized spacial score (nSPS) is 31.4. The molecule has 2 amide bonds. The predicted molar refractivity (Wildman–Crippen MR) is 109 cm³/mol. The van der Waals surface area contributed by atoms with Gasteiger partial charge in [0.25, 0.3) is 0 Å². The van der Waals surface area contributed by atoms with E-state index in [4.69, 9.17) is 5.73 Å². The van der Waals surface area contributed by atoms with E-state index in [1.165, 1.54) is 0 Å². The van der Waals surface area contributed by atoms with Crippen LogP contribution in [-0.4, -0.2) is 58.4 Å². The number of amides is 2. The second-order valence-corrected chi connectivity index (χ2v) is 9.23. The van der Waals surface area contributed by atoms with Crippen LogP contribution in [0.5, 0.6) is 0 Å². The molecule has 1 aliphatic carbocycles. The van der Waals surface area contributed by atoms with Gasteiger partial charge in [-0.3, -0.25) is 9.59 Å². The van der Waals surface area contributed by atoms with Crippen molar-refractivity contribution in [3.8, 4) is 0 Å². The maximum absolute atomic E-state index is 12.9. The number of nitrogens with two attached hydrogens (primary N) is 1. The van der Waals surface area contributed by atoms with Crippen molar-refractivity contribution in [3.05, 3.63) is 11.8 Å². The highest BCUT2D eigenvalue weighted by molar-refractivity contribution is 5.81. The van der Waals surface area contributed by atoms with Gasteiger partial charge in [0, 0.05) is 49.8 Å². The number of carbonyl (C=O) groups excluding carboxylic acids is 2. The summed E-state index contributed by atoms with van der Waals surface area (Å²) in [6, 6.07) is 2.32. The van der Waals surface area contributed by atoms with Crippen molar-refractivity contribution in [3.63, 3.8) is 0 Å². The predicted octanol–water partition coefficient (Wildman–Crippen LogP) is 1.10. The van der Waals surface area contributed by atoms with Crippen LogP contribution in [0.4, 0.5) is 11.8 Å². The molecule has 3 saturated heterocycles. The van der Waals surface area contributed by atoms with E-state index in [1.807, 2.05) is 13.0 Å². The first kappa shape index (κ1) is 18.6. The van der Waals surface area contributed by atoms with Crippen LogP contribution in [0.15, 0.2) is 6.07 Å². The van der Waals surface area contributed by atoms with Crippen molar-refractivity contribution in [2.45, 2.75) is 57.5 Å². The highest BCUT2D eigenvalue weighted by atomic mass is 16.2. The van der Waals surface area contributed by atoms with E-state index in [0.29, 0.717) is 30.7 Å². The highest BCUT2D eigenvalue weighted by Crippen LogP contribution is 2.42. The van der Waals surface area contributed by atoms with Crippen molar-refractivity contribution in [2.75, 3.05) is 30.3 Å². The summed E-state index contributed by atoms with van der Waals surface area (Å²) < 4.78 is 0. The van der Waals surface area contributed by atoms with Crippen LogP contribution in [0.1, 0.15) is 44.2 Å².